The van der Waals surface area contributed by atoms with Gasteiger partial charge in [0.1, 0.15) is 0 Å². The number of hydrogen-bond acceptors (Lipinski definition) is 6. The lowest BCUT2D eigenvalue weighted by molar-refractivity contribution is 0.391. The SMILES string of the molecule is c1ccc(-c2noc(CSc3nnc4ccccn34)n2)cc1. The fourth-order valence-electron chi connectivity index (χ4n) is 2.06. The van der Waals surface area contributed by atoms with E-state index in [9.17, 15) is 0 Å². The molecule has 1 aromatic carbocycles. The predicted octanol–water partition coefficient (Wildman–Crippen LogP) is 3.07. The zero-order valence-electron chi connectivity index (χ0n) is 11.5. The molecule has 0 aliphatic heterocycles. The van der Waals surface area contributed by atoms with Crippen LogP contribution in [-0.4, -0.2) is 24.7 Å². The molecule has 22 heavy (non-hydrogen) atoms. The Labute approximate surface area is 130 Å². The molecule has 0 spiro atoms. The van der Waals surface area contributed by atoms with Crippen LogP contribution < -0.4 is 0 Å². The van der Waals surface area contributed by atoms with Crippen LogP contribution in [0.4, 0.5) is 0 Å². The summed E-state index contributed by atoms with van der Waals surface area (Å²) in [5, 5.41) is 13.1. The van der Waals surface area contributed by atoms with Crippen molar-refractivity contribution in [3.8, 4) is 11.4 Å². The van der Waals surface area contributed by atoms with Crippen LogP contribution in [0.2, 0.25) is 0 Å². The summed E-state index contributed by atoms with van der Waals surface area (Å²) in [4.78, 5) is 4.40. The van der Waals surface area contributed by atoms with Crippen molar-refractivity contribution >= 4 is 17.4 Å². The molecule has 0 N–H and O–H groups in total. The van der Waals surface area contributed by atoms with E-state index in [1.807, 2.05) is 59.1 Å². The summed E-state index contributed by atoms with van der Waals surface area (Å²) >= 11 is 1.51. The number of aromatic nitrogens is 5. The summed E-state index contributed by atoms with van der Waals surface area (Å²) in [6.45, 7) is 0. The molecule has 0 fully saturated rings. The highest BCUT2D eigenvalue weighted by atomic mass is 32.2. The molecule has 4 rings (SSSR count). The smallest absolute Gasteiger partial charge is 0.237 e. The molecule has 0 radical (unpaired) electrons. The molecule has 0 atom stereocenters. The Kier molecular flexibility index (Phi) is 3.32. The van der Waals surface area contributed by atoms with Gasteiger partial charge >= 0.3 is 0 Å². The summed E-state index contributed by atoms with van der Waals surface area (Å²) < 4.78 is 7.22. The first-order valence-electron chi connectivity index (χ1n) is 6.71. The minimum atomic E-state index is 0.551. The number of hydrogen-bond donors (Lipinski definition) is 0. The molecule has 108 valence electrons. The lowest BCUT2D eigenvalue weighted by Crippen LogP contribution is -1.88. The largest absolute Gasteiger partial charge is 0.338 e. The normalized spacial score (nSPS) is 11.1. The molecule has 4 aromatic rings. The van der Waals surface area contributed by atoms with Crippen LogP contribution in [0.1, 0.15) is 5.89 Å². The van der Waals surface area contributed by atoms with Gasteiger partial charge in [-0.1, -0.05) is 53.3 Å². The van der Waals surface area contributed by atoms with E-state index in [0.717, 1.165) is 16.4 Å². The fourth-order valence-corrected chi connectivity index (χ4v) is 2.82. The van der Waals surface area contributed by atoms with Crippen molar-refractivity contribution in [2.45, 2.75) is 10.9 Å². The van der Waals surface area contributed by atoms with E-state index >= 15 is 0 Å². The third-order valence-corrected chi connectivity index (χ3v) is 4.04. The summed E-state index contributed by atoms with van der Waals surface area (Å²) in [6.07, 6.45) is 1.93. The first kappa shape index (κ1) is 13.0. The zero-order chi connectivity index (χ0) is 14.8. The van der Waals surface area contributed by atoms with Gasteiger partial charge in [0.25, 0.3) is 0 Å². The van der Waals surface area contributed by atoms with Gasteiger partial charge in [-0.2, -0.15) is 4.98 Å². The highest BCUT2D eigenvalue weighted by molar-refractivity contribution is 7.98. The molecule has 0 bridgehead atoms. The molecular weight excluding hydrogens is 298 g/mol. The molecule has 3 aromatic heterocycles. The number of thioether (sulfide) groups is 1. The van der Waals surface area contributed by atoms with Gasteiger partial charge in [-0.3, -0.25) is 4.40 Å². The zero-order valence-corrected chi connectivity index (χ0v) is 12.3. The number of benzene rings is 1. The Morgan fingerprint density at radius 3 is 2.77 bits per heavy atom. The van der Waals surface area contributed by atoms with Gasteiger partial charge in [0, 0.05) is 11.8 Å². The van der Waals surface area contributed by atoms with E-state index in [2.05, 4.69) is 20.3 Å². The van der Waals surface area contributed by atoms with Gasteiger partial charge in [-0.15, -0.1) is 10.2 Å². The minimum Gasteiger partial charge on any atom is -0.338 e. The van der Waals surface area contributed by atoms with Crippen LogP contribution in [0.5, 0.6) is 0 Å². The summed E-state index contributed by atoms with van der Waals surface area (Å²) in [7, 11) is 0. The Bertz CT molecular complexity index is 902. The summed E-state index contributed by atoms with van der Waals surface area (Å²) in [6, 6.07) is 15.5. The predicted molar refractivity (Wildman–Crippen MR) is 82.3 cm³/mol. The Morgan fingerprint density at radius 2 is 1.86 bits per heavy atom. The van der Waals surface area contributed by atoms with E-state index in [1.54, 1.807) is 0 Å². The Balaban J connectivity index is 1.52. The molecule has 3 heterocycles. The standard InChI is InChI=1S/C15H11N5OS/c1-2-6-11(7-3-1)14-16-13(21-19-14)10-22-15-18-17-12-8-4-5-9-20(12)15/h1-9H,10H2. The molecule has 0 saturated heterocycles. The molecule has 0 aliphatic carbocycles. The molecule has 0 unspecified atom stereocenters. The lowest BCUT2D eigenvalue weighted by atomic mass is 10.2. The van der Waals surface area contributed by atoms with Crippen molar-refractivity contribution in [1.29, 1.82) is 0 Å². The van der Waals surface area contributed by atoms with Crippen LogP contribution in [0, 0.1) is 0 Å². The van der Waals surface area contributed by atoms with Gasteiger partial charge < -0.3 is 4.52 Å². The number of nitrogens with zero attached hydrogens (tertiary/aromatic N) is 5. The maximum Gasteiger partial charge on any atom is 0.237 e. The lowest BCUT2D eigenvalue weighted by Gasteiger charge is -1.96. The van der Waals surface area contributed by atoms with Crippen molar-refractivity contribution in [2.24, 2.45) is 0 Å². The Hall–Kier alpha value is -2.67. The molecule has 0 aliphatic rings. The van der Waals surface area contributed by atoms with Gasteiger partial charge in [-0.05, 0) is 12.1 Å². The second-order valence-electron chi connectivity index (χ2n) is 4.58. The van der Waals surface area contributed by atoms with Crippen LogP contribution in [-0.2, 0) is 5.75 Å². The number of pyridine rings is 1. The Morgan fingerprint density at radius 1 is 1.00 bits per heavy atom. The van der Waals surface area contributed by atoms with Crippen molar-refractivity contribution < 1.29 is 4.52 Å². The maximum absolute atomic E-state index is 5.29. The van der Waals surface area contributed by atoms with Crippen molar-refractivity contribution in [3.63, 3.8) is 0 Å². The third kappa shape index (κ3) is 2.46. The first-order chi connectivity index (χ1) is 10.9. The van der Waals surface area contributed by atoms with Crippen LogP contribution >= 0.6 is 11.8 Å². The molecule has 0 saturated carbocycles. The van der Waals surface area contributed by atoms with E-state index in [4.69, 9.17) is 4.52 Å². The topological polar surface area (TPSA) is 69.1 Å². The summed E-state index contributed by atoms with van der Waals surface area (Å²) in [5.41, 5.74) is 1.76. The molecule has 0 amide bonds. The van der Waals surface area contributed by atoms with E-state index in [0.29, 0.717) is 17.5 Å². The third-order valence-electron chi connectivity index (χ3n) is 3.11. The number of fused-ring (bicyclic) bond motifs is 1. The average molecular weight is 309 g/mol. The fraction of sp³-hybridized carbons (Fsp3) is 0.0667. The van der Waals surface area contributed by atoms with Crippen molar-refractivity contribution in [2.75, 3.05) is 0 Å². The van der Waals surface area contributed by atoms with Crippen molar-refractivity contribution in [1.82, 2.24) is 24.7 Å². The first-order valence-corrected chi connectivity index (χ1v) is 7.69. The highest BCUT2D eigenvalue weighted by Crippen LogP contribution is 2.22. The highest BCUT2D eigenvalue weighted by Gasteiger charge is 2.11. The number of rotatable bonds is 4. The van der Waals surface area contributed by atoms with Gasteiger partial charge in [0.15, 0.2) is 10.8 Å². The molecule has 7 heteroatoms. The van der Waals surface area contributed by atoms with Gasteiger partial charge in [0.2, 0.25) is 11.7 Å². The van der Waals surface area contributed by atoms with Crippen LogP contribution in [0.15, 0.2) is 64.4 Å². The average Bonchev–Trinajstić information content (AvgIpc) is 3.21. The monoisotopic (exact) mass is 309 g/mol. The second kappa shape index (κ2) is 5.61. The van der Waals surface area contributed by atoms with Crippen LogP contribution in [0.3, 0.4) is 0 Å². The summed E-state index contributed by atoms with van der Waals surface area (Å²) in [5.74, 6) is 1.72. The van der Waals surface area contributed by atoms with Gasteiger partial charge in [-0.25, -0.2) is 0 Å². The van der Waals surface area contributed by atoms with Gasteiger partial charge in [0.05, 0.1) is 5.75 Å². The maximum atomic E-state index is 5.29. The second-order valence-corrected chi connectivity index (χ2v) is 5.52. The molecular formula is C15H11N5OS. The van der Waals surface area contributed by atoms with E-state index < -0.39 is 0 Å². The van der Waals surface area contributed by atoms with E-state index in [1.165, 1.54) is 11.8 Å². The van der Waals surface area contributed by atoms with E-state index in [-0.39, 0.29) is 0 Å². The molecule has 6 nitrogen and oxygen atoms in total. The minimum absolute atomic E-state index is 0.551. The van der Waals surface area contributed by atoms with Crippen LogP contribution in [0.25, 0.3) is 17.0 Å². The van der Waals surface area contributed by atoms with Crippen molar-refractivity contribution in [3.05, 3.63) is 60.6 Å². The quantitative estimate of drug-likeness (QED) is 0.540.